The Balaban J connectivity index is 1.74. The number of benzene rings is 2. The summed E-state index contributed by atoms with van der Waals surface area (Å²) in [7, 11) is -4.03. The molecule has 0 atom stereocenters. The van der Waals surface area contributed by atoms with Crippen LogP contribution in [-0.2, 0) is 14.6 Å². The molecule has 3 aromatic rings. The van der Waals surface area contributed by atoms with Crippen molar-refractivity contribution in [1.82, 2.24) is 14.7 Å². The fourth-order valence-corrected chi connectivity index (χ4v) is 6.75. The molecule has 0 unspecified atom stereocenters. The molecule has 1 spiro atoms. The lowest BCUT2D eigenvalue weighted by atomic mass is 9.95. The summed E-state index contributed by atoms with van der Waals surface area (Å²) >= 11 is 0. The van der Waals surface area contributed by atoms with Crippen LogP contribution in [0.3, 0.4) is 0 Å². The molecule has 1 aliphatic carbocycles. The molecule has 170 valence electrons. The standard InChI is InChI=1S/C24H23N3O5S/c28-21-20(33(31,32)24(25-21)14-8-3-9-15-24)16-19-22(29)26(17-10-4-1-5-11-17)27(23(19)30)18-12-6-2-7-13-18/h1-2,4-7,10-13,16,29H,3,8-9,14-15H2,(H,25,28)/b20-16+. The number of hydrogen-bond acceptors (Lipinski definition) is 5. The van der Waals surface area contributed by atoms with Gasteiger partial charge >= 0.3 is 0 Å². The van der Waals surface area contributed by atoms with Crippen LogP contribution < -0.4 is 10.9 Å². The summed E-state index contributed by atoms with van der Waals surface area (Å²) in [6.45, 7) is 0. The van der Waals surface area contributed by atoms with Crippen LogP contribution in [-0.4, -0.2) is 33.7 Å². The summed E-state index contributed by atoms with van der Waals surface area (Å²) in [5.41, 5.74) is 0.0869. The van der Waals surface area contributed by atoms with Crippen LogP contribution in [0.25, 0.3) is 17.5 Å². The second-order valence-electron chi connectivity index (χ2n) is 8.36. The van der Waals surface area contributed by atoms with Crippen molar-refractivity contribution in [2.24, 2.45) is 0 Å². The van der Waals surface area contributed by atoms with Crippen LogP contribution in [0.1, 0.15) is 37.7 Å². The zero-order valence-electron chi connectivity index (χ0n) is 17.8. The summed E-state index contributed by atoms with van der Waals surface area (Å²) in [5.74, 6) is -1.19. The highest BCUT2D eigenvalue weighted by Gasteiger charge is 2.55. The number of nitrogens with one attached hydrogen (secondary N) is 1. The van der Waals surface area contributed by atoms with Gasteiger partial charge in [0.1, 0.15) is 15.3 Å². The maximum absolute atomic E-state index is 13.5. The van der Waals surface area contributed by atoms with E-state index in [1.165, 1.54) is 9.36 Å². The van der Waals surface area contributed by atoms with E-state index in [1.54, 1.807) is 60.7 Å². The number of carbonyl (C=O) groups excluding carboxylic acids is 1. The maximum Gasteiger partial charge on any atom is 0.283 e. The molecule has 1 saturated heterocycles. The Morgan fingerprint density at radius 3 is 1.97 bits per heavy atom. The fourth-order valence-electron chi connectivity index (χ4n) is 4.70. The fraction of sp³-hybridized carbons (Fsp3) is 0.250. The Morgan fingerprint density at radius 1 is 0.848 bits per heavy atom. The SMILES string of the molecule is O=C1NC2(CCCCC2)S(=O)(=O)/C1=C/c1c(O)n(-c2ccccc2)n(-c2ccccc2)c1=O. The van der Waals surface area contributed by atoms with Gasteiger partial charge in [-0.15, -0.1) is 0 Å². The third kappa shape index (κ3) is 3.22. The van der Waals surface area contributed by atoms with Gasteiger partial charge < -0.3 is 10.4 Å². The summed E-state index contributed by atoms with van der Waals surface area (Å²) in [6.07, 6.45) is 4.00. The lowest BCUT2D eigenvalue weighted by Gasteiger charge is -2.31. The quantitative estimate of drug-likeness (QED) is 0.578. The van der Waals surface area contributed by atoms with E-state index in [4.69, 9.17) is 0 Å². The number of aromatic hydroxyl groups is 1. The minimum absolute atomic E-state index is 0.260. The Kier molecular flexibility index (Phi) is 5.01. The largest absolute Gasteiger partial charge is 0.493 e. The first-order valence-electron chi connectivity index (χ1n) is 10.8. The van der Waals surface area contributed by atoms with Crippen LogP contribution in [0, 0.1) is 0 Å². The van der Waals surface area contributed by atoms with Gasteiger partial charge in [0.2, 0.25) is 15.7 Å². The van der Waals surface area contributed by atoms with E-state index in [9.17, 15) is 23.1 Å². The molecule has 2 aromatic carbocycles. The summed E-state index contributed by atoms with van der Waals surface area (Å²) in [5, 5.41) is 13.8. The highest BCUT2D eigenvalue weighted by molar-refractivity contribution is 7.98. The predicted octanol–water partition coefficient (Wildman–Crippen LogP) is 2.88. The zero-order valence-corrected chi connectivity index (χ0v) is 18.6. The van der Waals surface area contributed by atoms with Crippen molar-refractivity contribution >= 4 is 21.8 Å². The Morgan fingerprint density at radius 2 is 1.39 bits per heavy atom. The van der Waals surface area contributed by atoms with Gasteiger partial charge in [-0.1, -0.05) is 55.7 Å². The number of hydrogen-bond donors (Lipinski definition) is 2. The summed E-state index contributed by atoms with van der Waals surface area (Å²) in [4.78, 5) is 24.4. The number of amides is 1. The van der Waals surface area contributed by atoms with Gasteiger partial charge in [-0.3, -0.25) is 9.59 Å². The molecule has 1 aliphatic heterocycles. The van der Waals surface area contributed by atoms with Crippen molar-refractivity contribution in [3.63, 3.8) is 0 Å². The second-order valence-corrected chi connectivity index (χ2v) is 10.6. The van der Waals surface area contributed by atoms with Crippen LogP contribution in [0.2, 0.25) is 0 Å². The molecule has 2 N–H and O–H groups in total. The molecule has 33 heavy (non-hydrogen) atoms. The lowest BCUT2D eigenvalue weighted by Crippen LogP contribution is -2.47. The molecule has 1 amide bonds. The Hall–Kier alpha value is -3.59. The van der Waals surface area contributed by atoms with E-state index >= 15 is 0 Å². The Labute approximate surface area is 190 Å². The minimum atomic E-state index is -4.03. The molecular formula is C24H23N3O5S. The van der Waals surface area contributed by atoms with Gasteiger partial charge in [-0.2, -0.15) is 0 Å². The van der Waals surface area contributed by atoms with Crippen molar-refractivity contribution in [2.75, 3.05) is 0 Å². The molecule has 0 bridgehead atoms. The van der Waals surface area contributed by atoms with E-state index in [0.717, 1.165) is 12.5 Å². The number of nitrogens with zero attached hydrogens (tertiary/aromatic N) is 2. The van der Waals surface area contributed by atoms with Crippen molar-refractivity contribution in [3.05, 3.63) is 81.5 Å². The lowest BCUT2D eigenvalue weighted by molar-refractivity contribution is -0.117. The molecule has 0 radical (unpaired) electrons. The van der Waals surface area contributed by atoms with Gasteiger partial charge in [0.25, 0.3) is 11.5 Å². The van der Waals surface area contributed by atoms with Crippen molar-refractivity contribution in [2.45, 2.75) is 37.0 Å². The molecule has 2 heterocycles. The number of rotatable bonds is 3. The molecule has 2 aliphatic rings. The predicted molar refractivity (Wildman–Crippen MR) is 124 cm³/mol. The number of sulfone groups is 1. The van der Waals surface area contributed by atoms with Crippen LogP contribution >= 0.6 is 0 Å². The molecule has 8 nitrogen and oxygen atoms in total. The highest BCUT2D eigenvalue weighted by atomic mass is 32.2. The van der Waals surface area contributed by atoms with Crippen LogP contribution in [0.5, 0.6) is 5.88 Å². The van der Waals surface area contributed by atoms with E-state index in [1.807, 2.05) is 0 Å². The first kappa shape index (κ1) is 21.3. The van der Waals surface area contributed by atoms with Gasteiger partial charge in [-0.25, -0.2) is 17.8 Å². The van der Waals surface area contributed by atoms with Gasteiger partial charge in [0, 0.05) is 0 Å². The topological polar surface area (TPSA) is 110 Å². The number of aromatic nitrogens is 2. The smallest absolute Gasteiger partial charge is 0.283 e. The highest BCUT2D eigenvalue weighted by Crippen LogP contribution is 2.41. The molecule has 1 aromatic heterocycles. The van der Waals surface area contributed by atoms with Crippen molar-refractivity contribution in [1.29, 1.82) is 0 Å². The van der Waals surface area contributed by atoms with Gasteiger partial charge in [0.15, 0.2) is 0 Å². The van der Waals surface area contributed by atoms with E-state index in [2.05, 4.69) is 5.32 Å². The first-order valence-corrected chi connectivity index (χ1v) is 12.3. The zero-order chi connectivity index (χ0) is 23.2. The van der Waals surface area contributed by atoms with Crippen molar-refractivity contribution < 1.29 is 18.3 Å². The number of carbonyl (C=O) groups is 1. The first-order chi connectivity index (χ1) is 15.9. The monoisotopic (exact) mass is 465 g/mol. The van der Waals surface area contributed by atoms with Crippen LogP contribution in [0.15, 0.2) is 70.4 Å². The second kappa shape index (κ2) is 7.77. The average Bonchev–Trinajstić information content (AvgIpc) is 3.17. The van der Waals surface area contributed by atoms with Crippen LogP contribution in [0.4, 0.5) is 0 Å². The summed E-state index contributed by atoms with van der Waals surface area (Å²) < 4.78 is 29.3. The number of para-hydroxylation sites is 2. The molecule has 2 fully saturated rings. The third-order valence-electron chi connectivity index (χ3n) is 6.37. The average molecular weight is 466 g/mol. The van der Waals surface area contributed by atoms with Gasteiger partial charge in [-0.05, 0) is 43.2 Å². The molecule has 1 saturated carbocycles. The summed E-state index contributed by atoms with van der Waals surface area (Å²) in [6, 6.07) is 17.4. The maximum atomic E-state index is 13.5. The molecule has 5 rings (SSSR count). The normalized spacial score (nSPS) is 20.2. The minimum Gasteiger partial charge on any atom is -0.493 e. The van der Waals surface area contributed by atoms with Gasteiger partial charge in [0.05, 0.1) is 11.4 Å². The molecule has 9 heteroatoms. The van der Waals surface area contributed by atoms with E-state index < -0.39 is 37.0 Å². The Bertz CT molecular complexity index is 1410. The van der Waals surface area contributed by atoms with Crippen molar-refractivity contribution in [3.8, 4) is 17.3 Å². The third-order valence-corrected chi connectivity index (χ3v) is 8.79. The van der Waals surface area contributed by atoms with E-state index in [-0.39, 0.29) is 5.56 Å². The van der Waals surface area contributed by atoms with E-state index in [0.29, 0.717) is 37.1 Å². The molecular weight excluding hydrogens is 442 g/mol.